The van der Waals surface area contributed by atoms with Gasteiger partial charge in [-0.15, -0.1) is 11.3 Å². The Labute approximate surface area is 132 Å². The van der Waals surface area contributed by atoms with Crippen LogP contribution in [0.15, 0.2) is 12.5 Å². The van der Waals surface area contributed by atoms with Gasteiger partial charge in [0.15, 0.2) is 0 Å². The second-order valence-corrected chi connectivity index (χ2v) is 6.05. The van der Waals surface area contributed by atoms with E-state index < -0.39 is 0 Å². The van der Waals surface area contributed by atoms with Crippen molar-refractivity contribution in [2.75, 3.05) is 18.9 Å². The molecule has 0 aliphatic carbocycles. The first kappa shape index (κ1) is 16.0. The number of carbonyl (C=O) groups is 2. The summed E-state index contributed by atoms with van der Waals surface area (Å²) in [5.41, 5.74) is 1.28. The van der Waals surface area contributed by atoms with E-state index in [0.717, 1.165) is 17.1 Å². The van der Waals surface area contributed by atoms with Crippen LogP contribution in [0.4, 0.5) is 5.82 Å². The van der Waals surface area contributed by atoms with Gasteiger partial charge in [0.25, 0.3) is 5.91 Å². The lowest BCUT2D eigenvalue weighted by atomic mass is 10.2. The van der Waals surface area contributed by atoms with Gasteiger partial charge in [-0.25, -0.2) is 15.0 Å². The minimum atomic E-state index is -0.233. The Hall–Kier alpha value is -2.35. The van der Waals surface area contributed by atoms with Crippen molar-refractivity contribution in [3.8, 4) is 0 Å². The minimum Gasteiger partial charge on any atom is -0.341 e. The zero-order chi connectivity index (χ0) is 16.1. The zero-order valence-electron chi connectivity index (χ0n) is 12.7. The molecule has 0 aliphatic heterocycles. The fourth-order valence-electron chi connectivity index (χ4n) is 2.04. The lowest BCUT2D eigenvalue weighted by Crippen LogP contribution is -2.29. The second-order valence-electron chi connectivity index (χ2n) is 4.77. The topological polar surface area (TPSA) is 88.1 Å². The van der Waals surface area contributed by atoms with Crippen molar-refractivity contribution in [1.29, 1.82) is 0 Å². The summed E-state index contributed by atoms with van der Waals surface area (Å²) in [5, 5.41) is 3.43. The summed E-state index contributed by atoms with van der Waals surface area (Å²) >= 11 is 1.64. The van der Waals surface area contributed by atoms with E-state index in [1.165, 1.54) is 17.4 Å². The highest BCUT2D eigenvalue weighted by molar-refractivity contribution is 7.11. The Balaban J connectivity index is 2.06. The van der Waals surface area contributed by atoms with E-state index in [1.54, 1.807) is 23.3 Å². The van der Waals surface area contributed by atoms with Crippen molar-refractivity contribution in [1.82, 2.24) is 19.9 Å². The normalized spacial score (nSPS) is 10.3. The number of aromatic nitrogens is 3. The van der Waals surface area contributed by atoms with Crippen LogP contribution < -0.4 is 5.32 Å². The molecule has 22 heavy (non-hydrogen) atoms. The van der Waals surface area contributed by atoms with E-state index in [9.17, 15) is 9.59 Å². The number of thiazole rings is 1. The van der Waals surface area contributed by atoms with Crippen molar-refractivity contribution in [2.24, 2.45) is 0 Å². The Morgan fingerprint density at radius 2 is 2.23 bits per heavy atom. The number of nitrogens with one attached hydrogen (secondary N) is 1. The Morgan fingerprint density at radius 3 is 2.86 bits per heavy atom. The smallest absolute Gasteiger partial charge is 0.258 e. The summed E-state index contributed by atoms with van der Waals surface area (Å²) in [7, 11) is 1.71. The third-order valence-corrected chi connectivity index (χ3v) is 4.29. The number of nitrogens with zero attached hydrogens (tertiary/aromatic N) is 4. The predicted molar refractivity (Wildman–Crippen MR) is 84.0 cm³/mol. The molecule has 0 atom stereocenters. The summed E-state index contributed by atoms with van der Waals surface area (Å²) in [6.07, 6.45) is 3.91. The molecule has 0 spiro atoms. The van der Waals surface area contributed by atoms with Crippen LogP contribution in [-0.4, -0.2) is 45.8 Å². The van der Waals surface area contributed by atoms with Gasteiger partial charge in [0.05, 0.1) is 10.7 Å². The molecular weight excluding hydrogens is 302 g/mol. The Kier molecular flexibility index (Phi) is 5.16. The molecule has 0 aromatic carbocycles. The number of rotatable bonds is 6. The van der Waals surface area contributed by atoms with Gasteiger partial charge in [-0.3, -0.25) is 9.59 Å². The van der Waals surface area contributed by atoms with Gasteiger partial charge in [-0.05, 0) is 13.8 Å². The number of likely N-dealkylation sites (N-methyl/N-ethyl adjacent to an activating group) is 1. The van der Waals surface area contributed by atoms with Crippen molar-refractivity contribution < 1.29 is 9.59 Å². The molecule has 2 heterocycles. The molecule has 0 saturated carbocycles. The van der Waals surface area contributed by atoms with Crippen molar-refractivity contribution in [2.45, 2.75) is 20.3 Å². The van der Waals surface area contributed by atoms with Gasteiger partial charge >= 0.3 is 0 Å². The van der Waals surface area contributed by atoms with E-state index in [1.807, 2.05) is 13.8 Å². The maximum atomic E-state index is 12.4. The summed E-state index contributed by atoms with van der Waals surface area (Å²) in [4.78, 5) is 37.9. The molecule has 2 amide bonds. The number of amides is 2. The summed E-state index contributed by atoms with van der Waals surface area (Å²) in [5.74, 6) is -0.0181. The molecule has 2 aromatic heterocycles. The zero-order valence-corrected chi connectivity index (χ0v) is 13.5. The monoisotopic (exact) mass is 319 g/mol. The Bertz CT molecular complexity index is 686. The first-order valence-corrected chi connectivity index (χ1v) is 7.53. The van der Waals surface area contributed by atoms with Gasteiger partial charge in [0.1, 0.15) is 17.7 Å². The van der Waals surface area contributed by atoms with Gasteiger partial charge < -0.3 is 10.2 Å². The van der Waals surface area contributed by atoms with Gasteiger partial charge in [0, 0.05) is 31.1 Å². The molecule has 0 unspecified atom stereocenters. The van der Waals surface area contributed by atoms with Crippen LogP contribution in [0.2, 0.25) is 0 Å². The quantitative estimate of drug-likeness (QED) is 0.814. The standard InChI is InChI=1S/C14H17N5O2S/c1-9-12(22-10(2)18-9)4-5-19(3)14(21)11-6-15-7-16-13(11)17-8-20/h6-8H,4-5H2,1-3H3,(H,15,16,17,20). The van der Waals surface area contributed by atoms with Crippen molar-refractivity contribution in [3.05, 3.63) is 33.7 Å². The maximum Gasteiger partial charge on any atom is 0.258 e. The fraction of sp³-hybridized carbons (Fsp3) is 0.357. The average molecular weight is 319 g/mol. The van der Waals surface area contributed by atoms with Crippen molar-refractivity contribution >= 4 is 29.5 Å². The molecule has 0 radical (unpaired) electrons. The highest BCUT2D eigenvalue weighted by Gasteiger charge is 2.17. The number of carbonyl (C=O) groups excluding carboxylic acids is 2. The van der Waals surface area contributed by atoms with Crippen LogP contribution in [0.5, 0.6) is 0 Å². The largest absolute Gasteiger partial charge is 0.341 e. The maximum absolute atomic E-state index is 12.4. The van der Waals surface area contributed by atoms with Crippen LogP contribution in [0.1, 0.15) is 25.9 Å². The molecule has 8 heteroatoms. The molecule has 2 aromatic rings. The fourth-order valence-corrected chi connectivity index (χ4v) is 2.96. The van der Waals surface area contributed by atoms with Crippen LogP contribution in [-0.2, 0) is 11.2 Å². The van der Waals surface area contributed by atoms with Crippen LogP contribution in [0, 0.1) is 13.8 Å². The average Bonchev–Trinajstić information content (AvgIpc) is 2.83. The highest BCUT2D eigenvalue weighted by Crippen LogP contribution is 2.18. The van der Waals surface area contributed by atoms with Gasteiger partial charge in [-0.2, -0.15) is 0 Å². The van der Waals surface area contributed by atoms with E-state index in [-0.39, 0.29) is 17.3 Å². The number of aryl methyl sites for hydroxylation is 2. The highest BCUT2D eigenvalue weighted by atomic mass is 32.1. The second kappa shape index (κ2) is 7.08. The van der Waals surface area contributed by atoms with Gasteiger partial charge in [0.2, 0.25) is 6.41 Å². The molecule has 0 bridgehead atoms. The third kappa shape index (κ3) is 3.64. The summed E-state index contributed by atoms with van der Waals surface area (Å²) < 4.78 is 0. The number of hydrogen-bond donors (Lipinski definition) is 1. The van der Waals surface area contributed by atoms with Crippen LogP contribution in [0.25, 0.3) is 0 Å². The van der Waals surface area contributed by atoms with Crippen LogP contribution in [0.3, 0.4) is 0 Å². The summed E-state index contributed by atoms with van der Waals surface area (Å²) in [6, 6.07) is 0. The number of hydrogen-bond acceptors (Lipinski definition) is 6. The van der Waals surface area contributed by atoms with E-state index >= 15 is 0 Å². The third-order valence-electron chi connectivity index (χ3n) is 3.16. The molecule has 0 aliphatic rings. The molecule has 2 rings (SSSR count). The predicted octanol–water partition coefficient (Wildman–Crippen LogP) is 1.43. The number of anilines is 1. The van der Waals surface area contributed by atoms with Crippen molar-refractivity contribution in [3.63, 3.8) is 0 Å². The molecule has 7 nitrogen and oxygen atoms in total. The first-order chi connectivity index (χ1) is 10.5. The van der Waals surface area contributed by atoms with Crippen LogP contribution >= 0.6 is 11.3 Å². The summed E-state index contributed by atoms with van der Waals surface area (Å²) in [6.45, 7) is 4.49. The van der Waals surface area contributed by atoms with E-state index in [2.05, 4.69) is 20.3 Å². The molecule has 1 N–H and O–H groups in total. The SMILES string of the molecule is Cc1nc(C)c(CCN(C)C(=O)c2cncnc2NC=O)s1. The Morgan fingerprint density at radius 1 is 1.45 bits per heavy atom. The first-order valence-electron chi connectivity index (χ1n) is 6.71. The molecular formula is C14H17N5O2S. The van der Waals surface area contributed by atoms with E-state index in [4.69, 9.17) is 0 Å². The molecule has 116 valence electrons. The van der Waals surface area contributed by atoms with Gasteiger partial charge in [-0.1, -0.05) is 0 Å². The molecule has 0 saturated heterocycles. The lowest BCUT2D eigenvalue weighted by molar-refractivity contribution is -0.105. The lowest BCUT2D eigenvalue weighted by Gasteiger charge is -2.17. The van der Waals surface area contributed by atoms with E-state index in [0.29, 0.717) is 13.0 Å². The minimum absolute atomic E-state index is 0.215. The molecule has 0 fully saturated rings.